The second kappa shape index (κ2) is 5.69. The maximum Gasteiger partial charge on any atom is 0.123 e. The van der Waals surface area contributed by atoms with Gasteiger partial charge >= 0.3 is 0 Å². The van der Waals surface area contributed by atoms with Crippen molar-refractivity contribution in [2.24, 2.45) is 0 Å². The molecule has 4 nitrogen and oxygen atoms in total. The van der Waals surface area contributed by atoms with Gasteiger partial charge in [-0.2, -0.15) is 0 Å². The van der Waals surface area contributed by atoms with E-state index >= 15 is 0 Å². The summed E-state index contributed by atoms with van der Waals surface area (Å²) in [7, 11) is 0. The first-order valence-electron chi connectivity index (χ1n) is 6.18. The topological polar surface area (TPSA) is 64.1 Å². The average molecular weight is 245 g/mol. The molecular weight excluding hydrogens is 226 g/mol. The molecule has 0 aliphatic carbocycles. The Labute approximate surface area is 107 Å². The highest BCUT2D eigenvalue weighted by molar-refractivity contribution is 5.45. The summed E-state index contributed by atoms with van der Waals surface area (Å²) in [6.07, 6.45) is 6.03. The molecule has 0 radical (unpaired) electrons. The van der Waals surface area contributed by atoms with E-state index < -0.39 is 0 Å². The number of furan rings is 1. The lowest BCUT2D eigenvalue weighted by molar-refractivity contribution is 0.414. The monoisotopic (exact) mass is 245 g/mol. The number of nitrogens with one attached hydrogen (secondary N) is 1. The zero-order chi connectivity index (χ0) is 13.0. The van der Waals surface area contributed by atoms with E-state index in [-0.39, 0.29) is 6.04 Å². The molecule has 2 rings (SSSR count). The molecule has 3 N–H and O–H groups in total. The van der Waals surface area contributed by atoms with E-state index in [2.05, 4.69) is 24.1 Å². The van der Waals surface area contributed by atoms with Crippen LogP contribution in [-0.4, -0.2) is 11.5 Å². The predicted molar refractivity (Wildman–Crippen MR) is 72.2 cm³/mol. The fourth-order valence-corrected chi connectivity index (χ4v) is 2.07. The molecule has 96 valence electrons. The van der Waals surface area contributed by atoms with Gasteiger partial charge in [-0.25, -0.2) is 0 Å². The van der Waals surface area contributed by atoms with Crippen molar-refractivity contribution in [1.29, 1.82) is 0 Å². The summed E-state index contributed by atoms with van der Waals surface area (Å²) >= 11 is 0. The van der Waals surface area contributed by atoms with Crippen LogP contribution in [0.1, 0.15) is 29.9 Å². The molecule has 0 saturated heterocycles. The molecule has 0 bridgehead atoms. The number of pyridine rings is 1. The van der Waals surface area contributed by atoms with Gasteiger partial charge in [0.1, 0.15) is 5.76 Å². The van der Waals surface area contributed by atoms with E-state index in [1.54, 1.807) is 12.5 Å². The molecule has 1 unspecified atom stereocenters. The van der Waals surface area contributed by atoms with Crippen molar-refractivity contribution in [3.8, 4) is 0 Å². The van der Waals surface area contributed by atoms with Crippen LogP contribution in [0.25, 0.3) is 0 Å². The fraction of sp³-hybridized carbons (Fsp3) is 0.357. The molecular formula is C14H19N3O. The van der Waals surface area contributed by atoms with Crippen LogP contribution in [0.2, 0.25) is 0 Å². The number of nitrogens with zero attached hydrogens (tertiary/aromatic N) is 1. The third kappa shape index (κ3) is 2.71. The number of rotatable bonds is 5. The van der Waals surface area contributed by atoms with E-state index in [1.165, 1.54) is 0 Å². The third-order valence-electron chi connectivity index (χ3n) is 3.03. The number of aryl methyl sites for hydroxylation is 1. The van der Waals surface area contributed by atoms with Gasteiger partial charge in [0.25, 0.3) is 0 Å². The summed E-state index contributed by atoms with van der Waals surface area (Å²) < 4.78 is 5.57. The van der Waals surface area contributed by atoms with Gasteiger partial charge < -0.3 is 15.5 Å². The molecule has 0 aliphatic rings. The number of anilines is 1. The molecule has 2 aromatic heterocycles. The number of nitrogen functional groups attached to an aromatic ring is 1. The lowest BCUT2D eigenvalue weighted by Crippen LogP contribution is -2.23. The molecule has 2 heterocycles. The molecule has 0 saturated carbocycles. The molecule has 0 spiro atoms. The van der Waals surface area contributed by atoms with Crippen molar-refractivity contribution in [2.45, 2.75) is 26.3 Å². The number of likely N-dealkylation sites (N-methyl/N-ethyl adjacent to an activating group) is 1. The van der Waals surface area contributed by atoms with Gasteiger partial charge in [-0.3, -0.25) is 4.98 Å². The molecule has 0 aromatic carbocycles. The van der Waals surface area contributed by atoms with E-state index in [9.17, 15) is 0 Å². The smallest absolute Gasteiger partial charge is 0.123 e. The lowest BCUT2D eigenvalue weighted by Gasteiger charge is -2.17. The van der Waals surface area contributed by atoms with Crippen LogP contribution >= 0.6 is 0 Å². The minimum Gasteiger partial charge on any atom is -0.467 e. The maximum atomic E-state index is 5.96. The maximum absolute atomic E-state index is 5.96. The molecule has 2 aromatic rings. The van der Waals surface area contributed by atoms with Gasteiger partial charge in [0.05, 0.1) is 12.3 Å². The van der Waals surface area contributed by atoms with Gasteiger partial charge in [-0.15, -0.1) is 0 Å². The standard InChI is InChI=1S/C14H19N3O/c1-3-17-13(14-10(2)5-7-18-14)8-11-9-16-6-4-12(11)15/h4-7,9,13,17H,3,8H2,1-2H3,(H2,15,16). The highest BCUT2D eigenvalue weighted by Gasteiger charge is 2.17. The van der Waals surface area contributed by atoms with Crippen molar-refractivity contribution in [2.75, 3.05) is 12.3 Å². The van der Waals surface area contributed by atoms with Crippen LogP contribution in [-0.2, 0) is 6.42 Å². The number of hydrogen-bond donors (Lipinski definition) is 2. The first-order valence-corrected chi connectivity index (χ1v) is 6.18. The summed E-state index contributed by atoms with van der Waals surface area (Å²) in [6, 6.07) is 3.94. The Hall–Kier alpha value is -1.81. The van der Waals surface area contributed by atoms with Crippen LogP contribution in [0.4, 0.5) is 5.69 Å². The Kier molecular flexibility index (Phi) is 3.99. The zero-order valence-electron chi connectivity index (χ0n) is 10.8. The lowest BCUT2D eigenvalue weighted by atomic mass is 10.0. The van der Waals surface area contributed by atoms with E-state index in [0.717, 1.165) is 35.5 Å². The Bertz CT molecular complexity index is 507. The molecule has 4 heteroatoms. The third-order valence-corrected chi connectivity index (χ3v) is 3.03. The Morgan fingerprint density at radius 3 is 2.89 bits per heavy atom. The number of aromatic nitrogens is 1. The first-order chi connectivity index (χ1) is 8.72. The molecule has 1 atom stereocenters. The van der Waals surface area contributed by atoms with Crippen LogP contribution in [0, 0.1) is 6.92 Å². The quantitative estimate of drug-likeness (QED) is 0.849. The van der Waals surface area contributed by atoms with Crippen molar-refractivity contribution >= 4 is 5.69 Å². The fourth-order valence-electron chi connectivity index (χ4n) is 2.07. The SMILES string of the molecule is CCNC(Cc1cnccc1N)c1occc1C. The molecule has 0 amide bonds. The summed E-state index contributed by atoms with van der Waals surface area (Å²) in [4.78, 5) is 4.12. The van der Waals surface area contributed by atoms with Gasteiger partial charge in [0.15, 0.2) is 0 Å². The van der Waals surface area contributed by atoms with Crippen LogP contribution in [0.15, 0.2) is 35.2 Å². The second-order valence-corrected chi connectivity index (χ2v) is 4.36. The number of hydrogen-bond acceptors (Lipinski definition) is 4. The zero-order valence-corrected chi connectivity index (χ0v) is 10.8. The van der Waals surface area contributed by atoms with E-state index in [1.807, 2.05) is 18.3 Å². The molecule has 0 fully saturated rings. The van der Waals surface area contributed by atoms with Crippen LogP contribution in [0.5, 0.6) is 0 Å². The Morgan fingerprint density at radius 2 is 2.28 bits per heavy atom. The van der Waals surface area contributed by atoms with Crippen LogP contribution < -0.4 is 11.1 Å². The van der Waals surface area contributed by atoms with E-state index in [0.29, 0.717) is 0 Å². The Morgan fingerprint density at radius 1 is 1.44 bits per heavy atom. The van der Waals surface area contributed by atoms with Crippen molar-refractivity contribution in [1.82, 2.24) is 10.3 Å². The molecule has 18 heavy (non-hydrogen) atoms. The highest BCUT2D eigenvalue weighted by atomic mass is 16.3. The van der Waals surface area contributed by atoms with Crippen molar-refractivity contribution in [3.05, 3.63) is 47.7 Å². The minimum absolute atomic E-state index is 0.136. The summed E-state index contributed by atoms with van der Waals surface area (Å²) in [6.45, 7) is 5.01. The van der Waals surface area contributed by atoms with Gasteiger partial charge in [-0.05, 0) is 43.1 Å². The summed E-state index contributed by atoms with van der Waals surface area (Å²) in [5.41, 5.74) is 8.93. The van der Waals surface area contributed by atoms with Crippen LogP contribution in [0.3, 0.4) is 0 Å². The van der Waals surface area contributed by atoms with Gasteiger partial charge in [-0.1, -0.05) is 6.92 Å². The van der Waals surface area contributed by atoms with Crippen molar-refractivity contribution < 1.29 is 4.42 Å². The average Bonchev–Trinajstić information content (AvgIpc) is 2.78. The second-order valence-electron chi connectivity index (χ2n) is 4.36. The minimum atomic E-state index is 0.136. The predicted octanol–water partition coefficient (Wildman–Crippen LogP) is 2.46. The van der Waals surface area contributed by atoms with Crippen molar-refractivity contribution in [3.63, 3.8) is 0 Å². The summed E-state index contributed by atoms with van der Waals surface area (Å²) in [5.74, 6) is 0.972. The highest BCUT2D eigenvalue weighted by Crippen LogP contribution is 2.24. The normalized spacial score (nSPS) is 12.6. The van der Waals surface area contributed by atoms with Gasteiger partial charge in [0.2, 0.25) is 0 Å². The first kappa shape index (κ1) is 12.6. The molecule has 0 aliphatic heterocycles. The number of nitrogens with two attached hydrogens (primary N) is 1. The van der Waals surface area contributed by atoms with Gasteiger partial charge in [0, 0.05) is 18.1 Å². The summed E-state index contributed by atoms with van der Waals surface area (Å²) in [5, 5.41) is 3.42. The largest absolute Gasteiger partial charge is 0.467 e. The van der Waals surface area contributed by atoms with E-state index in [4.69, 9.17) is 10.2 Å². The Balaban J connectivity index is 2.22.